The van der Waals surface area contributed by atoms with Gasteiger partial charge in [-0.1, -0.05) is 18.2 Å². The lowest BCUT2D eigenvalue weighted by molar-refractivity contribution is -0.0498. The number of carbonyl (C=O) groups excluding carboxylic acids is 1. The fourth-order valence-corrected chi connectivity index (χ4v) is 2.08. The number of hydrogen-bond acceptors (Lipinski definition) is 3. The Morgan fingerprint density at radius 2 is 2.11 bits per heavy atom. The molecule has 5 heteroatoms. The smallest absolute Gasteiger partial charge is 0.387 e. The normalized spacial score (nSPS) is 11.1. The van der Waals surface area contributed by atoms with E-state index < -0.39 is 6.61 Å². The topological polar surface area (TPSA) is 26.3 Å². The Morgan fingerprint density at radius 1 is 1.26 bits per heavy atom. The molecule has 0 spiro atoms. The molecule has 0 unspecified atom stereocenters. The van der Waals surface area contributed by atoms with E-state index in [1.165, 1.54) is 35.6 Å². The number of halogens is 2. The van der Waals surface area contributed by atoms with Gasteiger partial charge in [-0.3, -0.25) is 4.79 Å². The molecule has 1 aromatic heterocycles. The molecule has 2 rings (SSSR count). The van der Waals surface area contributed by atoms with E-state index in [-0.39, 0.29) is 11.5 Å². The quantitative estimate of drug-likeness (QED) is 0.604. The van der Waals surface area contributed by atoms with Crippen LogP contribution in [-0.2, 0) is 0 Å². The standard InChI is InChI=1S/C14H10F2O2S/c15-14(16)18-11-4-1-3-10(9-11)13(17)7-6-12-5-2-8-19-12/h1-9,14H/b7-6-. The van der Waals surface area contributed by atoms with Gasteiger partial charge in [0.15, 0.2) is 5.78 Å². The molecule has 98 valence electrons. The summed E-state index contributed by atoms with van der Waals surface area (Å²) in [7, 11) is 0. The molecule has 2 nitrogen and oxygen atoms in total. The summed E-state index contributed by atoms with van der Waals surface area (Å²) in [6.07, 6.45) is 3.10. The third kappa shape index (κ3) is 3.99. The van der Waals surface area contributed by atoms with Crippen molar-refractivity contribution < 1.29 is 18.3 Å². The highest BCUT2D eigenvalue weighted by atomic mass is 32.1. The Hall–Kier alpha value is -2.01. The average Bonchev–Trinajstić information content (AvgIpc) is 2.88. The van der Waals surface area contributed by atoms with Gasteiger partial charge in [-0.2, -0.15) is 8.78 Å². The van der Waals surface area contributed by atoms with Crippen molar-refractivity contribution in [3.63, 3.8) is 0 Å². The highest BCUT2D eigenvalue weighted by Crippen LogP contribution is 2.17. The third-order valence-corrected chi connectivity index (χ3v) is 3.12. The van der Waals surface area contributed by atoms with Crippen LogP contribution in [0.1, 0.15) is 15.2 Å². The maximum Gasteiger partial charge on any atom is 0.387 e. The summed E-state index contributed by atoms with van der Waals surface area (Å²) in [4.78, 5) is 12.8. The lowest BCUT2D eigenvalue weighted by Crippen LogP contribution is -2.03. The summed E-state index contributed by atoms with van der Waals surface area (Å²) in [6.45, 7) is -2.90. The molecular weight excluding hydrogens is 270 g/mol. The number of hydrogen-bond donors (Lipinski definition) is 0. The van der Waals surface area contributed by atoms with Crippen LogP contribution in [0.15, 0.2) is 47.9 Å². The number of benzene rings is 1. The monoisotopic (exact) mass is 280 g/mol. The van der Waals surface area contributed by atoms with Gasteiger partial charge in [0.25, 0.3) is 0 Å². The van der Waals surface area contributed by atoms with E-state index in [1.54, 1.807) is 12.1 Å². The van der Waals surface area contributed by atoms with E-state index in [4.69, 9.17) is 0 Å². The van der Waals surface area contributed by atoms with E-state index in [1.807, 2.05) is 17.5 Å². The summed E-state index contributed by atoms with van der Waals surface area (Å²) in [5.41, 5.74) is 0.311. The van der Waals surface area contributed by atoms with E-state index in [2.05, 4.69) is 4.74 Å². The Morgan fingerprint density at radius 3 is 2.79 bits per heavy atom. The molecule has 0 fully saturated rings. The van der Waals surface area contributed by atoms with Crippen LogP contribution in [0, 0.1) is 0 Å². The summed E-state index contributed by atoms with van der Waals surface area (Å²) in [5.74, 6) is -0.279. The van der Waals surface area contributed by atoms with Crippen molar-refractivity contribution in [1.82, 2.24) is 0 Å². The molecule has 1 aromatic carbocycles. The van der Waals surface area contributed by atoms with E-state index in [0.717, 1.165) is 4.88 Å². The van der Waals surface area contributed by atoms with Crippen LogP contribution in [-0.4, -0.2) is 12.4 Å². The molecular formula is C14H10F2O2S. The minimum Gasteiger partial charge on any atom is -0.435 e. The molecule has 0 aliphatic carbocycles. The van der Waals surface area contributed by atoms with Crippen LogP contribution < -0.4 is 4.74 Å². The minimum absolute atomic E-state index is 0.0228. The first-order chi connectivity index (χ1) is 9.15. The van der Waals surface area contributed by atoms with Crippen LogP contribution in [0.25, 0.3) is 6.08 Å². The van der Waals surface area contributed by atoms with Crippen molar-refractivity contribution in [3.8, 4) is 5.75 Å². The lowest BCUT2D eigenvalue weighted by atomic mass is 10.1. The molecule has 2 aromatic rings. The van der Waals surface area contributed by atoms with Crippen molar-refractivity contribution in [2.45, 2.75) is 6.61 Å². The van der Waals surface area contributed by atoms with Crippen LogP contribution in [0.4, 0.5) is 8.78 Å². The Labute approximate surface area is 113 Å². The van der Waals surface area contributed by atoms with Crippen LogP contribution in [0.5, 0.6) is 5.75 Å². The number of ether oxygens (including phenoxy) is 1. The second-order valence-corrected chi connectivity index (χ2v) is 4.60. The molecule has 1 heterocycles. The van der Waals surface area contributed by atoms with Crippen molar-refractivity contribution in [2.75, 3.05) is 0 Å². The predicted molar refractivity (Wildman–Crippen MR) is 70.8 cm³/mol. The molecule has 0 aliphatic heterocycles. The third-order valence-electron chi connectivity index (χ3n) is 2.29. The minimum atomic E-state index is -2.90. The van der Waals surface area contributed by atoms with Gasteiger partial charge in [-0.25, -0.2) is 0 Å². The Bertz CT molecular complexity index is 577. The number of carbonyl (C=O) groups is 1. The summed E-state index contributed by atoms with van der Waals surface area (Å²) in [6, 6.07) is 9.50. The number of ketones is 1. The molecule has 0 bridgehead atoms. The largest absolute Gasteiger partial charge is 0.435 e. The number of allylic oxidation sites excluding steroid dienone is 1. The average molecular weight is 280 g/mol. The fourth-order valence-electron chi connectivity index (χ4n) is 1.47. The van der Waals surface area contributed by atoms with Crippen molar-refractivity contribution in [2.24, 2.45) is 0 Å². The van der Waals surface area contributed by atoms with E-state index >= 15 is 0 Å². The number of rotatable bonds is 5. The number of alkyl halides is 2. The summed E-state index contributed by atoms with van der Waals surface area (Å²) < 4.78 is 28.4. The fraction of sp³-hybridized carbons (Fsp3) is 0.0714. The van der Waals surface area contributed by atoms with Gasteiger partial charge in [-0.05, 0) is 35.7 Å². The highest BCUT2D eigenvalue weighted by molar-refractivity contribution is 7.10. The van der Waals surface area contributed by atoms with Crippen molar-refractivity contribution in [1.29, 1.82) is 0 Å². The van der Waals surface area contributed by atoms with Crippen LogP contribution >= 0.6 is 11.3 Å². The zero-order valence-corrected chi connectivity index (χ0v) is 10.6. The maximum atomic E-state index is 12.1. The van der Waals surface area contributed by atoms with Gasteiger partial charge in [0.2, 0.25) is 0 Å². The number of thiophene rings is 1. The van der Waals surface area contributed by atoms with Gasteiger partial charge >= 0.3 is 6.61 Å². The zero-order chi connectivity index (χ0) is 13.7. The molecule has 0 radical (unpaired) electrons. The van der Waals surface area contributed by atoms with Gasteiger partial charge in [0, 0.05) is 10.4 Å². The summed E-state index contributed by atoms with van der Waals surface area (Å²) in [5, 5.41) is 1.90. The lowest BCUT2D eigenvalue weighted by Gasteiger charge is -2.04. The van der Waals surface area contributed by atoms with E-state index in [0.29, 0.717) is 5.56 Å². The first kappa shape index (κ1) is 13.4. The molecule has 0 atom stereocenters. The van der Waals surface area contributed by atoms with Crippen LogP contribution in [0.2, 0.25) is 0 Å². The van der Waals surface area contributed by atoms with Gasteiger partial charge in [-0.15, -0.1) is 11.3 Å². The molecule has 0 amide bonds. The second-order valence-electron chi connectivity index (χ2n) is 3.62. The first-order valence-corrected chi connectivity index (χ1v) is 6.34. The predicted octanol–water partition coefficient (Wildman–Crippen LogP) is 4.25. The zero-order valence-electron chi connectivity index (χ0n) is 9.75. The Kier molecular flexibility index (Phi) is 4.41. The summed E-state index contributed by atoms with van der Waals surface area (Å²) >= 11 is 1.51. The Balaban J connectivity index is 2.10. The van der Waals surface area contributed by atoms with Gasteiger partial charge in [0.05, 0.1) is 0 Å². The molecule has 0 saturated heterocycles. The first-order valence-electron chi connectivity index (χ1n) is 5.46. The van der Waals surface area contributed by atoms with Crippen molar-refractivity contribution >= 4 is 23.2 Å². The SMILES string of the molecule is O=C(/C=C\c1cccs1)c1cccc(OC(F)F)c1. The highest BCUT2D eigenvalue weighted by Gasteiger charge is 2.07. The molecule has 0 aliphatic rings. The van der Waals surface area contributed by atoms with Crippen molar-refractivity contribution in [3.05, 3.63) is 58.3 Å². The molecule has 19 heavy (non-hydrogen) atoms. The van der Waals surface area contributed by atoms with E-state index in [9.17, 15) is 13.6 Å². The molecule has 0 saturated carbocycles. The molecule has 0 N–H and O–H groups in total. The maximum absolute atomic E-state index is 12.1. The van der Waals surface area contributed by atoms with Crippen LogP contribution in [0.3, 0.4) is 0 Å². The second kappa shape index (κ2) is 6.24. The van der Waals surface area contributed by atoms with Gasteiger partial charge in [0.1, 0.15) is 5.75 Å². The van der Waals surface area contributed by atoms with Gasteiger partial charge < -0.3 is 4.74 Å².